The van der Waals surface area contributed by atoms with Crippen LogP contribution in [0.2, 0.25) is 0 Å². The van der Waals surface area contributed by atoms with Gasteiger partial charge in [0.1, 0.15) is 0 Å². The molecule has 0 aromatic rings. The first-order valence-electron chi connectivity index (χ1n) is 4.90. The molecule has 1 saturated carbocycles. The summed E-state index contributed by atoms with van der Waals surface area (Å²) in [6.07, 6.45) is 3.33. The number of carboxylic acids is 1. The summed E-state index contributed by atoms with van der Waals surface area (Å²) in [6, 6.07) is 0. The molecule has 1 rings (SSSR count). The van der Waals surface area contributed by atoms with E-state index >= 15 is 0 Å². The fourth-order valence-electron chi connectivity index (χ4n) is 1.87. The number of nitrogens with two attached hydrogens (primary N) is 1. The van der Waals surface area contributed by atoms with E-state index in [1.807, 2.05) is 0 Å². The topological polar surface area (TPSA) is 99.2 Å². The summed E-state index contributed by atoms with van der Waals surface area (Å²) < 4.78 is 0. The summed E-state index contributed by atoms with van der Waals surface area (Å²) in [7, 11) is 0. The van der Waals surface area contributed by atoms with Crippen LogP contribution in [0.4, 0.5) is 0 Å². The highest BCUT2D eigenvalue weighted by atomic mass is 16.4. The van der Waals surface area contributed by atoms with Crippen molar-refractivity contribution in [1.82, 2.24) is 5.32 Å². The van der Waals surface area contributed by atoms with E-state index in [0.717, 1.165) is 25.7 Å². The number of aliphatic carboxylic acids is 1. The van der Waals surface area contributed by atoms with E-state index in [1.54, 1.807) is 0 Å². The Morgan fingerprint density at radius 3 is 2.43 bits per heavy atom. The Balaban J connectivity index is 2.22. The molecule has 0 amide bonds. The Hall–Kier alpha value is -1.26. The first-order chi connectivity index (χ1) is 6.59. The molecule has 0 atom stereocenters. The van der Waals surface area contributed by atoms with E-state index in [1.165, 1.54) is 0 Å². The lowest BCUT2D eigenvalue weighted by Crippen LogP contribution is -2.36. The summed E-state index contributed by atoms with van der Waals surface area (Å²) in [5, 5.41) is 18.5. The molecule has 1 aliphatic rings. The summed E-state index contributed by atoms with van der Waals surface area (Å²) in [5.41, 5.74) is 5.16. The minimum absolute atomic E-state index is 0.00893. The van der Waals surface area contributed by atoms with Crippen LogP contribution in [0.15, 0.2) is 0 Å². The van der Waals surface area contributed by atoms with Crippen molar-refractivity contribution in [3.63, 3.8) is 0 Å². The Kier molecular flexibility index (Phi) is 3.73. The molecule has 5 N–H and O–H groups in total. The maximum atomic E-state index is 10.7. The van der Waals surface area contributed by atoms with E-state index in [-0.39, 0.29) is 11.9 Å². The molecule has 80 valence electrons. The van der Waals surface area contributed by atoms with Gasteiger partial charge in [0.25, 0.3) is 0 Å². The van der Waals surface area contributed by atoms with Crippen molar-refractivity contribution < 1.29 is 9.90 Å². The van der Waals surface area contributed by atoms with Crippen LogP contribution in [-0.2, 0) is 4.79 Å². The molecule has 14 heavy (non-hydrogen) atoms. The smallest absolute Gasteiger partial charge is 0.306 e. The summed E-state index contributed by atoms with van der Waals surface area (Å²) in [6.45, 7) is 0.696. The average molecular weight is 199 g/mol. The molecule has 0 spiro atoms. The maximum absolute atomic E-state index is 10.7. The van der Waals surface area contributed by atoms with Gasteiger partial charge in [-0.05, 0) is 31.6 Å². The zero-order valence-electron chi connectivity index (χ0n) is 8.12. The SMILES string of the molecule is N=C(N)NC[C@H]1CC[C@H](C(=O)O)CC1. The second-order valence-electron chi connectivity index (χ2n) is 3.85. The van der Waals surface area contributed by atoms with Crippen LogP contribution in [0.1, 0.15) is 25.7 Å². The molecule has 1 aliphatic carbocycles. The van der Waals surface area contributed by atoms with Crippen molar-refractivity contribution in [2.45, 2.75) is 25.7 Å². The fourth-order valence-corrected chi connectivity index (χ4v) is 1.87. The number of hydrogen-bond acceptors (Lipinski definition) is 2. The van der Waals surface area contributed by atoms with Crippen molar-refractivity contribution in [2.24, 2.45) is 17.6 Å². The van der Waals surface area contributed by atoms with Gasteiger partial charge < -0.3 is 16.2 Å². The number of nitrogens with one attached hydrogen (secondary N) is 2. The molecule has 1 fully saturated rings. The number of guanidine groups is 1. The zero-order chi connectivity index (χ0) is 10.6. The molecule has 0 aromatic carbocycles. The summed E-state index contributed by atoms with van der Waals surface area (Å²) in [4.78, 5) is 10.7. The molecule has 0 unspecified atom stereocenters. The van der Waals surface area contributed by atoms with E-state index < -0.39 is 5.97 Å². The Labute approximate surface area is 83.2 Å². The molecule has 0 heterocycles. The largest absolute Gasteiger partial charge is 0.481 e. The molecule has 0 radical (unpaired) electrons. The standard InChI is InChI=1S/C9H17N3O2/c10-9(11)12-5-6-1-3-7(4-2-6)8(13)14/h6-7H,1-5H2,(H,13,14)(H4,10,11,12)/t6-,7-. The average Bonchev–Trinajstić information content (AvgIpc) is 2.15. The van der Waals surface area contributed by atoms with Crippen LogP contribution < -0.4 is 11.1 Å². The molecular weight excluding hydrogens is 182 g/mol. The van der Waals surface area contributed by atoms with Gasteiger partial charge in [-0.15, -0.1) is 0 Å². The quantitative estimate of drug-likeness (QED) is 0.389. The molecule has 5 nitrogen and oxygen atoms in total. The molecule has 0 aliphatic heterocycles. The summed E-state index contributed by atoms with van der Waals surface area (Å²) >= 11 is 0. The maximum Gasteiger partial charge on any atom is 0.306 e. The minimum atomic E-state index is -0.678. The third-order valence-electron chi connectivity index (χ3n) is 2.78. The number of rotatable bonds is 3. The van der Waals surface area contributed by atoms with Crippen molar-refractivity contribution >= 4 is 11.9 Å². The highest BCUT2D eigenvalue weighted by Gasteiger charge is 2.25. The number of hydrogen-bond donors (Lipinski definition) is 4. The van der Waals surface area contributed by atoms with Crippen molar-refractivity contribution in [3.05, 3.63) is 0 Å². The highest BCUT2D eigenvalue weighted by molar-refractivity contribution is 5.74. The van der Waals surface area contributed by atoms with Gasteiger partial charge in [0.05, 0.1) is 5.92 Å². The Bertz CT molecular complexity index is 222. The van der Waals surface area contributed by atoms with Crippen LogP contribution in [0.3, 0.4) is 0 Å². The van der Waals surface area contributed by atoms with Gasteiger partial charge in [-0.3, -0.25) is 10.2 Å². The lowest BCUT2D eigenvalue weighted by Gasteiger charge is -2.26. The minimum Gasteiger partial charge on any atom is -0.481 e. The van der Waals surface area contributed by atoms with E-state index in [9.17, 15) is 4.79 Å². The molecule has 0 aromatic heterocycles. The number of carboxylic acid groups (broad SMARTS) is 1. The lowest BCUT2D eigenvalue weighted by atomic mass is 9.82. The second kappa shape index (κ2) is 4.83. The van der Waals surface area contributed by atoms with E-state index in [0.29, 0.717) is 12.5 Å². The normalized spacial score (nSPS) is 26.9. The van der Waals surface area contributed by atoms with Gasteiger partial charge in [-0.2, -0.15) is 0 Å². The molecule has 0 bridgehead atoms. The van der Waals surface area contributed by atoms with Gasteiger partial charge in [0.2, 0.25) is 0 Å². The van der Waals surface area contributed by atoms with Gasteiger partial charge in [-0.1, -0.05) is 0 Å². The molecular formula is C9H17N3O2. The third-order valence-corrected chi connectivity index (χ3v) is 2.78. The Morgan fingerprint density at radius 1 is 1.43 bits per heavy atom. The number of carbonyl (C=O) groups is 1. The first kappa shape index (κ1) is 10.8. The fraction of sp³-hybridized carbons (Fsp3) is 0.778. The molecule has 0 saturated heterocycles. The van der Waals surface area contributed by atoms with Gasteiger partial charge in [0.15, 0.2) is 5.96 Å². The van der Waals surface area contributed by atoms with Crippen LogP contribution in [0.25, 0.3) is 0 Å². The van der Waals surface area contributed by atoms with Gasteiger partial charge in [0, 0.05) is 6.54 Å². The van der Waals surface area contributed by atoms with Crippen LogP contribution in [0, 0.1) is 17.2 Å². The predicted octanol–water partition coefficient (Wildman–Crippen LogP) is 0.360. The van der Waals surface area contributed by atoms with Gasteiger partial charge >= 0.3 is 5.97 Å². The van der Waals surface area contributed by atoms with Crippen LogP contribution in [0.5, 0.6) is 0 Å². The van der Waals surface area contributed by atoms with E-state index in [4.69, 9.17) is 16.2 Å². The monoisotopic (exact) mass is 199 g/mol. The van der Waals surface area contributed by atoms with Crippen molar-refractivity contribution in [3.8, 4) is 0 Å². The predicted molar refractivity (Wildman–Crippen MR) is 53.0 cm³/mol. The van der Waals surface area contributed by atoms with Crippen LogP contribution in [-0.4, -0.2) is 23.6 Å². The van der Waals surface area contributed by atoms with Gasteiger partial charge in [-0.25, -0.2) is 0 Å². The first-order valence-corrected chi connectivity index (χ1v) is 4.90. The summed E-state index contributed by atoms with van der Waals surface area (Å²) in [5.74, 6) is -0.383. The zero-order valence-corrected chi connectivity index (χ0v) is 8.12. The second-order valence-corrected chi connectivity index (χ2v) is 3.85. The molecule has 5 heteroatoms. The van der Waals surface area contributed by atoms with E-state index in [2.05, 4.69) is 5.32 Å². The Morgan fingerprint density at radius 2 is 2.00 bits per heavy atom. The lowest BCUT2D eigenvalue weighted by molar-refractivity contribution is -0.143. The van der Waals surface area contributed by atoms with Crippen LogP contribution >= 0.6 is 0 Å². The third kappa shape index (κ3) is 3.24. The van der Waals surface area contributed by atoms with Crippen molar-refractivity contribution in [1.29, 1.82) is 5.41 Å². The van der Waals surface area contributed by atoms with Crippen molar-refractivity contribution in [2.75, 3.05) is 6.54 Å². The highest BCUT2D eigenvalue weighted by Crippen LogP contribution is 2.28.